The highest BCUT2D eigenvalue weighted by Crippen LogP contribution is 2.14. The van der Waals surface area contributed by atoms with E-state index in [0.717, 1.165) is 13.1 Å². The van der Waals surface area contributed by atoms with Gasteiger partial charge >= 0.3 is 0 Å². The van der Waals surface area contributed by atoms with E-state index in [1.807, 2.05) is 0 Å². The number of hydrogen-bond donors (Lipinski definition) is 3. The molecule has 0 atom stereocenters. The van der Waals surface area contributed by atoms with Crippen molar-refractivity contribution >= 4 is 15.9 Å². The molecule has 7 nitrogen and oxygen atoms in total. The van der Waals surface area contributed by atoms with E-state index in [2.05, 4.69) is 14.6 Å². The third-order valence-corrected chi connectivity index (χ3v) is 4.75. The molecule has 1 aromatic rings. The van der Waals surface area contributed by atoms with Gasteiger partial charge in [-0.1, -0.05) is 0 Å². The Labute approximate surface area is 118 Å². The summed E-state index contributed by atoms with van der Waals surface area (Å²) < 4.78 is 27.0. The van der Waals surface area contributed by atoms with Gasteiger partial charge in [-0.05, 0) is 25.0 Å². The number of likely N-dealkylation sites (tertiary alicyclic amines) is 1. The van der Waals surface area contributed by atoms with Crippen molar-refractivity contribution in [2.75, 3.05) is 19.6 Å². The molecule has 1 aromatic heterocycles. The van der Waals surface area contributed by atoms with Gasteiger partial charge in [-0.15, -0.1) is 0 Å². The van der Waals surface area contributed by atoms with E-state index in [1.165, 1.54) is 12.3 Å². The average Bonchev–Trinajstić information content (AvgIpc) is 2.41. The second kappa shape index (κ2) is 6.29. The molecule has 1 aliphatic rings. The number of aromatic nitrogens is 1. The van der Waals surface area contributed by atoms with Crippen molar-refractivity contribution in [2.24, 2.45) is 5.73 Å². The van der Waals surface area contributed by atoms with Gasteiger partial charge in [0.05, 0.1) is 6.54 Å². The molecule has 2 rings (SSSR count). The van der Waals surface area contributed by atoms with E-state index in [-0.39, 0.29) is 16.8 Å². The Kier molecular flexibility index (Phi) is 4.69. The van der Waals surface area contributed by atoms with E-state index in [9.17, 15) is 8.42 Å². The number of nitrogens with two attached hydrogens (primary N) is 1. The normalized spacial score (nSPS) is 18.0. The van der Waals surface area contributed by atoms with Crippen LogP contribution in [0.2, 0.25) is 0 Å². The molecule has 0 aliphatic carbocycles. The second-order valence-electron chi connectivity index (χ2n) is 4.89. The molecule has 2 heterocycles. The molecule has 8 heteroatoms. The first-order chi connectivity index (χ1) is 9.47. The van der Waals surface area contributed by atoms with Gasteiger partial charge in [-0.3, -0.25) is 15.3 Å². The van der Waals surface area contributed by atoms with E-state index in [1.54, 1.807) is 12.3 Å². The third kappa shape index (κ3) is 3.99. The fourth-order valence-corrected chi connectivity index (χ4v) is 3.51. The zero-order valence-corrected chi connectivity index (χ0v) is 11.9. The maximum absolute atomic E-state index is 12.1. The minimum atomic E-state index is -3.50. The number of hydrogen-bond acceptors (Lipinski definition) is 5. The molecule has 0 saturated carbocycles. The number of rotatable bonds is 5. The van der Waals surface area contributed by atoms with E-state index < -0.39 is 10.0 Å². The molecule has 0 unspecified atom stereocenters. The maximum atomic E-state index is 12.1. The second-order valence-corrected chi connectivity index (χ2v) is 6.60. The summed E-state index contributed by atoms with van der Waals surface area (Å²) in [7, 11) is -3.50. The van der Waals surface area contributed by atoms with Gasteiger partial charge in [0, 0.05) is 31.5 Å². The molecule has 0 amide bonds. The third-order valence-electron chi connectivity index (χ3n) is 3.25. The lowest BCUT2D eigenvalue weighted by atomic mass is 10.1. The van der Waals surface area contributed by atoms with Gasteiger partial charge in [0.15, 0.2) is 0 Å². The van der Waals surface area contributed by atoms with E-state index in [0.29, 0.717) is 19.4 Å². The van der Waals surface area contributed by atoms with Crippen LogP contribution in [-0.2, 0) is 10.0 Å². The van der Waals surface area contributed by atoms with Crippen molar-refractivity contribution < 1.29 is 8.42 Å². The van der Waals surface area contributed by atoms with Gasteiger partial charge in [0.25, 0.3) is 0 Å². The zero-order valence-electron chi connectivity index (χ0n) is 11.1. The van der Waals surface area contributed by atoms with Crippen molar-refractivity contribution in [1.82, 2.24) is 14.6 Å². The minimum absolute atomic E-state index is 0.0802. The highest BCUT2D eigenvalue weighted by Gasteiger charge is 2.24. The average molecular weight is 297 g/mol. The first-order valence-corrected chi connectivity index (χ1v) is 7.93. The molecule has 0 bridgehead atoms. The van der Waals surface area contributed by atoms with Crippen molar-refractivity contribution in [3.63, 3.8) is 0 Å². The molecule has 1 fully saturated rings. The van der Waals surface area contributed by atoms with Gasteiger partial charge in [-0.25, -0.2) is 13.1 Å². The summed E-state index contributed by atoms with van der Waals surface area (Å²) in [5, 5.41) is 7.25. The van der Waals surface area contributed by atoms with E-state index in [4.69, 9.17) is 11.1 Å². The standard InChI is InChI=1S/C12H19N5O2S/c13-12(14)9-17-6-3-10(4-7-17)16-20(18,19)11-2-1-5-15-8-11/h1-2,5,8,10,16H,3-4,6-7,9H2,(H3,13,14). The molecule has 110 valence electrons. The predicted molar refractivity (Wildman–Crippen MR) is 75.9 cm³/mol. The van der Waals surface area contributed by atoms with Crippen LogP contribution in [0.3, 0.4) is 0 Å². The molecular weight excluding hydrogens is 278 g/mol. The largest absolute Gasteiger partial charge is 0.387 e. The number of pyridine rings is 1. The molecule has 1 aliphatic heterocycles. The van der Waals surface area contributed by atoms with Crippen LogP contribution in [0.15, 0.2) is 29.4 Å². The van der Waals surface area contributed by atoms with Gasteiger partial charge in [0.1, 0.15) is 10.7 Å². The highest BCUT2D eigenvalue weighted by atomic mass is 32.2. The Morgan fingerprint density at radius 1 is 1.50 bits per heavy atom. The lowest BCUT2D eigenvalue weighted by Gasteiger charge is -2.31. The quantitative estimate of drug-likeness (QED) is 0.513. The smallest absolute Gasteiger partial charge is 0.242 e. The van der Waals surface area contributed by atoms with Crippen LogP contribution in [0, 0.1) is 5.41 Å². The Bertz CT molecular complexity index is 552. The van der Waals surface area contributed by atoms with Crippen LogP contribution in [0.25, 0.3) is 0 Å². The summed E-state index contributed by atoms with van der Waals surface area (Å²) in [6.45, 7) is 1.92. The predicted octanol–water partition coefficient (Wildman–Crippen LogP) is -0.240. The molecule has 4 N–H and O–H groups in total. The summed E-state index contributed by atoms with van der Waals surface area (Å²) in [6.07, 6.45) is 4.31. The summed E-state index contributed by atoms with van der Waals surface area (Å²) in [5.74, 6) is 0.138. The number of piperidine rings is 1. The monoisotopic (exact) mass is 297 g/mol. The summed E-state index contributed by atoms with van der Waals surface area (Å²) in [6, 6.07) is 3.05. The molecule has 0 radical (unpaired) electrons. The topological polar surface area (TPSA) is 112 Å². The van der Waals surface area contributed by atoms with Gasteiger partial charge in [-0.2, -0.15) is 0 Å². The van der Waals surface area contributed by atoms with Crippen LogP contribution in [0.1, 0.15) is 12.8 Å². The van der Waals surface area contributed by atoms with Crippen molar-refractivity contribution in [3.05, 3.63) is 24.5 Å². The minimum Gasteiger partial charge on any atom is -0.387 e. The molecule has 0 spiro atoms. The Morgan fingerprint density at radius 2 is 2.20 bits per heavy atom. The fourth-order valence-electron chi connectivity index (χ4n) is 2.24. The molecule has 1 saturated heterocycles. The number of sulfonamides is 1. The fraction of sp³-hybridized carbons (Fsp3) is 0.500. The summed E-state index contributed by atoms with van der Waals surface area (Å²) >= 11 is 0. The van der Waals surface area contributed by atoms with E-state index >= 15 is 0 Å². The van der Waals surface area contributed by atoms with Crippen LogP contribution in [-0.4, -0.2) is 49.8 Å². The molecule has 0 aromatic carbocycles. The zero-order chi connectivity index (χ0) is 14.6. The number of nitrogens with zero attached hydrogens (tertiary/aromatic N) is 2. The number of nitrogens with one attached hydrogen (secondary N) is 2. The lowest BCUT2D eigenvalue weighted by Crippen LogP contribution is -2.46. The Balaban J connectivity index is 1.91. The molecule has 20 heavy (non-hydrogen) atoms. The lowest BCUT2D eigenvalue weighted by molar-refractivity contribution is 0.231. The summed E-state index contributed by atoms with van der Waals surface area (Å²) in [4.78, 5) is 6.06. The van der Waals surface area contributed by atoms with Crippen molar-refractivity contribution in [2.45, 2.75) is 23.8 Å². The summed E-state index contributed by atoms with van der Waals surface area (Å²) in [5.41, 5.74) is 5.36. The maximum Gasteiger partial charge on any atom is 0.242 e. The van der Waals surface area contributed by atoms with Crippen LogP contribution < -0.4 is 10.5 Å². The van der Waals surface area contributed by atoms with Gasteiger partial charge in [0.2, 0.25) is 10.0 Å². The highest BCUT2D eigenvalue weighted by molar-refractivity contribution is 7.89. The SMILES string of the molecule is N=C(N)CN1CCC(NS(=O)(=O)c2cccnc2)CC1. The van der Waals surface area contributed by atoms with Crippen molar-refractivity contribution in [1.29, 1.82) is 5.41 Å². The van der Waals surface area contributed by atoms with Crippen LogP contribution in [0.5, 0.6) is 0 Å². The van der Waals surface area contributed by atoms with Crippen molar-refractivity contribution in [3.8, 4) is 0 Å². The number of amidine groups is 1. The first-order valence-electron chi connectivity index (χ1n) is 6.45. The Morgan fingerprint density at radius 3 is 2.75 bits per heavy atom. The van der Waals surface area contributed by atoms with Gasteiger partial charge < -0.3 is 5.73 Å². The first kappa shape index (κ1) is 14.9. The Hall–Kier alpha value is -1.51. The van der Waals surface area contributed by atoms with Crippen LogP contribution >= 0.6 is 0 Å². The van der Waals surface area contributed by atoms with Crippen LogP contribution in [0.4, 0.5) is 0 Å². The molecular formula is C12H19N5O2S.